The molecule has 2 rings (SSSR count). The fourth-order valence-electron chi connectivity index (χ4n) is 2.19. The minimum absolute atomic E-state index is 0.0590. The van der Waals surface area contributed by atoms with E-state index in [-0.39, 0.29) is 30.7 Å². The highest BCUT2D eigenvalue weighted by atomic mass is 35.5. The maximum atomic E-state index is 13.1. The van der Waals surface area contributed by atoms with Gasteiger partial charge in [-0.15, -0.1) is 0 Å². The zero-order valence-corrected chi connectivity index (χ0v) is 13.9. The van der Waals surface area contributed by atoms with Gasteiger partial charge in [0.1, 0.15) is 11.6 Å². The fourth-order valence-corrected chi connectivity index (χ4v) is 2.36. The average molecular weight is 352 g/mol. The number of hydrogen-bond acceptors (Lipinski definition) is 3. The molecule has 0 unspecified atom stereocenters. The van der Waals surface area contributed by atoms with Crippen LogP contribution >= 0.6 is 11.6 Å². The lowest BCUT2D eigenvalue weighted by molar-refractivity contribution is -0.133. The minimum Gasteiger partial charge on any atom is -0.484 e. The molecule has 2 aromatic rings. The lowest BCUT2D eigenvalue weighted by atomic mass is 10.1. The van der Waals surface area contributed by atoms with Gasteiger partial charge in [-0.1, -0.05) is 41.9 Å². The number of benzene rings is 2. The molecule has 0 saturated carbocycles. The van der Waals surface area contributed by atoms with Gasteiger partial charge in [-0.3, -0.25) is 4.79 Å². The molecule has 0 bridgehead atoms. The minimum atomic E-state index is -0.542. The largest absolute Gasteiger partial charge is 0.484 e. The van der Waals surface area contributed by atoms with Crippen LogP contribution in [0.5, 0.6) is 5.75 Å². The summed E-state index contributed by atoms with van der Waals surface area (Å²) in [5, 5.41) is 9.08. The van der Waals surface area contributed by atoms with E-state index in [1.54, 1.807) is 0 Å². The Morgan fingerprint density at radius 2 is 1.92 bits per heavy atom. The first kappa shape index (κ1) is 18.2. The Kier molecular flexibility index (Phi) is 7.03. The Balaban J connectivity index is 1.89. The van der Waals surface area contributed by atoms with Crippen LogP contribution in [0.3, 0.4) is 0 Å². The van der Waals surface area contributed by atoms with Crippen LogP contribution in [0, 0.1) is 5.82 Å². The molecule has 0 heterocycles. The van der Waals surface area contributed by atoms with Gasteiger partial charge in [-0.25, -0.2) is 4.39 Å². The van der Waals surface area contributed by atoms with Crippen molar-refractivity contribution >= 4 is 17.5 Å². The second kappa shape index (κ2) is 9.25. The molecule has 128 valence electrons. The third-order valence-electron chi connectivity index (χ3n) is 3.49. The predicted octanol–water partition coefficient (Wildman–Crippen LogP) is 2.92. The van der Waals surface area contributed by atoms with Crippen LogP contribution in [0.15, 0.2) is 48.5 Å². The van der Waals surface area contributed by atoms with Gasteiger partial charge in [0.15, 0.2) is 6.61 Å². The standard InChI is InChI=1S/C18H19ClFNO3/c19-16-12-15(6-7-17(16)20)24-13-18(23)21(10-11-22)9-8-14-4-2-1-3-5-14/h1-7,12,22H,8-11,13H2. The Hall–Kier alpha value is -2.11. The highest BCUT2D eigenvalue weighted by Crippen LogP contribution is 2.21. The van der Waals surface area contributed by atoms with Gasteiger partial charge in [-0.05, 0) is 24.1 Å². The van der Waals surface area contributed by atoms with Gasteiger partial charge in [0.05, 0.1) is 11.6 Å². The summed E-state index contributed by atoms with van der Waals surface area (Å²) in [4.78, 5) is 13.8. The van der Waals surface area contributed by atoms with E-state index >= 15 is 0 Å². The second-order valence-electron chi connectivity index (χ2n) is 5.20. The Labute approximate surface area is 145 Å². The summed E-state index contributed by atoms with van der Waals surface area (Å²) < 4.78 is 18.5. The monoisotopic (exact) mass is 351 g/mol. The molecule has 0 aliphatic heterocycles. The van der Waals surface area contributed by atoms with Crippen molar-refractivity contribution in [2.75, 3.05) is 26.3 Å². The molecule has 0 saturated heterocycles. The normalized spacial score (nSPS) is 10.5. The van der Waals surface area contributed by atoms with E-state index in [0.717, 1.165) is 5.56 Å². The van der Waals surface area contributed by atoms with E-state index in [1.165, 1.54) is 23.1 Å². The SMILES string of the molecule is O=C(COc1ccc(F)c(Cl)c1)N(CCO)CCc1ccccc1. The highest BCUT2D eigenvalue weighted by Gasteiger charge is 2.14. The lowest BCUT2D eigenvalue weighted by Crippen LogP contribution is -2.38. The van der Waals surface area contributed by atoms with Crippen molar-refractivity contribution in [3.05, 3.63) is 64.9 Å². The van der Waals surface area contributed by atoms with Crippen LogP contribution in [0.25, 0.3) is 0 Å². The molecule has 1 amide bonds. The summed E-state index contributed by atoms with van der Waals surface area (Å²) >= 11 is 5.68. The number of aliphatic hydroxyl groups excluding tert-OH is 1. The second-order valence-corrected chi connectivity index (χ2v) is 5.61. The molecular weight excluding hydrogens is 333 g/mol. The molecule has 0 spiro atoms. The molecule has 0 radical (unpaired) electrons. The zero-order valence-electron chi connectivity index (χ0n) is 13.1. The summed E-state index contributed by atoms with van der Waals surface area (Å²) in [5.74, 6) is -0.470. The zero-order chi connectivity index (χ0) is 17.4. The summed E-state index contributed by atoms with van der Waals surface area (Å²) in [7, 11) is 0. The molecule has 6 heteroatoms. The number of amides is 1. The molecule has 2 aromatic carbocycles. The van der Waals surface area contributed by atoms with Crippen molar-refractivity contribution < 1.29 is 19.0 Å². The Bertz CT molecular complexity index is 667. The smallest absolute Gasteiger partial charge is 0.260 e. The summed E-state index contributed by atoms with van der Waals surface area (Å²) in [6.45, 7) is 0.399. The third kappa shape index (κ3) is 5.51. The van der Waals surface area contributed by atoms with E-state index in [2.05, 4.69) is 0 Å². The number of ether oxygens (including phenoxy) is 1. The quantitative estimate of drug-likeness (QED) is 0.795. The van der Waals surface area contributed by atoms with Gasteiger partial charge in [0.25, 0.3) is 5.91 Å². The maximum absolute atomic E-state index is 13.1. The van der Waals surface area contributed by atoms with E-state index < -0.39 is 5.82 Å². The van der Waals surface area contributed by atoms with Gasteiger partial charge in [0.2, 0.25) is 0 Å². The predicted molar refractivity (Wildman–Crippen MR) is 90.7 cm³/mol. The van der Waals surface area contributed by atoms with Gasteiger partial charge < -0.3 is 14.7 Å². The van der Waals surface area contributed by atoms with Crippen molar-refractivity contribution in [2.45, 2.75) is 6.42 Å². The van der Waals surface area contributed by atoms with Gasteiger partial charge in [0, 0.05) is 19.2 Å². The van der Waals surface area contributed by atoms with Crippen LogP contribution < -0.4 is 4.74 Å². The molecule has 0 fully saturated rings. The van der Waals surface area contributed by atoms with Gasteiger partial charge in [-0.2, -0.15) is 0 Å². The number of halogens is 2. The first-order chi connectivity index (χ1) is 11.6. The Morgan fingerprint density at radius 3 is 2.58 bits per heavy atom. The van der Waals surface area contributed by atoms with E-state index in [1.807, 2.05) is 30.3 Å². The topological polar surface area (TPSA) is 49.8 Å². The average Bonchev–Trinajstić information content (AvgIpc) is 2.60. The van der Waals surface area contributed by atoms with Crippen LogP contribution in [0.4, 0.5) is 4.39 Å². The van der Waals surface area contributed by atoms with Crippen molar-refractivity contribution in [2.24, 2.45) is 0 Å². The molecule has 0 atom stereocenters. The summed E-state index contributed by atoms with van der Waals surface area (Å²) in [6, 6.07) is 13.7. The van der Waals surface area contributed by atoms with Crippen molar-refractivity contribution in [1.29, 1.82) is 0 Å². The maximum Gasteiger partial charge on any atom is 0.260 e. The van der Waals surface area contributed by atoms with E-state index in [4.69, 9.17) is 21.4 Å². The fraction of sp³-hybridized carbons (Fsp3) is 0.278. The first-order valence-corrected chi connectivity index (χ1v) is 7.98. The molecule has 1 N–H and O–H groups in total. The molecule has 0 aliphatic carbocycles. The van der Waals surface area contributed by atoms with E-state index in [0.29, 0.717) is 18.7 Å². The van der Waals surface area contributed by atoms with Crippen molar-refractivity contribution in [3.8, 4) is 5.75 Å². The van der Waals surface area contributed by atoms with Gasteiger partial charge >= 0.3 is 0 Å². The number of hydrogen-bond donors (Lipinski definition) is 1. The Morgan fingerprint density at radius 1 is 1.17 bits per heavy atom. The molecule has 0 aromatic heterocycles. The third-order valence-corrected chi connectivity index (χ3v) is 3.78. The number of nitrogens with zero attached hydrogens (tertiary/aromatic N) is 1. The summed E-state index contributed by atoms with van der Waals surface area (Å²) in [5.41, 5.74) is 1.11. The highest BCUT2D eigenvalue weighted by molar-refractivity contribution is 6.30. The van der Waals surface area contributed by atoms with E-state index in [9.17, 15) is 9.18 Å². The number of aliphatic hydroxyl groups is 1. The molecule has 4 nitrogen and oxygen atoms in total. The van der Waals surface area contributed by atoms with Crippen LogP contribution in [0.1, 0.15) is 5.56 Å². The number of carbonyl (C=O) groups excluding carboxylic acids is 1. The molecular formula is C18H19ClFNO3. The van der Waals surface area contributed by atoms with Crippen LogP contribution in [-0.4, -0.2) is 42.2 Å². The van der Waals surface area contributed by atoms with Crippen molar-refractivity contribution in [1.82, 2.24) is 4.90 Å². The molecule has 0 aliphatic rings. The first-order valence-electron chi connectivity index (χ1n) is 7.60. The van der Waals surface area contributed by atoms with Crippen LogP contribution in [-0.2, 0) is 11.2 Å². The number of carbonyl (C=O) groups is 1. The number of rotatable bonds is 8. The molecule has 24 heavy (non-hydrogen) atoms. The summed E-state index contributed by atoms with van der Waals surface area (Å²) in [6.07, 6.45) is 0.689. The van der Waals surface area contributed by atoms with Crippen molar-refractivity contribution in [3.63, 3.8) is 0 Å². The lowest BCUT2D eigenvalue weighted by Gasteiger charge is -2.22. The van der Waals surface area contributed by atoms with Crippen LogP contribution in [0.2, 0.25) is 5.02 Å².